The van der Waals surface area contributed by atoms with Gasteiger partial charge in [0.05, 0.1) is 0 Å². The molecule has 2 heterocycles. The van der Waals surface area contributed by atoms with Crippen molar-refractivity contribution in [2.75, 3.05) is 13.1 Å². The Bertz CT molecular complexity index is 426. The quantitative estimate of drug-likeness (QED) is 0.885. The molecule has 1 aliphatic rings. The summed E-state index contributed by atoms with van der Waals surface area (Å²) in [6.45, 7) is 5.22. The number of carboxylic acid groups (broad SMARTS) is 1. The van der Waals surface area contributed by atoms with Gasteiger partial charge in [0.1, 0.15) is 0 Å². The predicted molar refractivity (Wildman–Crippen MR) is 73.8 cm³/mol. The van der Waals surface area contributed by atoms with E-state index in [1.807, 2.05) is 12.4 Å². The largest absolute Gasteiger partial charge is 0.481 e. The summed E-state index contributed by atoms with van der Waals surface area (Å²) in [6.07, 6.45) is 7.16. The average molecular weight is 262 g/mol. The van der Waals surface area contributed by atoms with Crippen molar-refractivity contribution < 1.29 is 9.90 Å². The van der Waals surface area contributed by atoms with Gasteiger partial charge in [0.25, 0.3) is 0 Å². The van der Waals surface area contributed by atoms with Crippen LogP contribution in [0.1, 0.15) is 36.8 Å². The van der Waals surface area contributed by atoms with Crippen LogP contribution in [0.15, 0.2) is 18.5 Å². The monoisotopic (exact) mass is 262 g/mol. The van der Waals surface area contributed by atoms with Gasteiger partial charge in [0, 0.05) is 25.4 Å². The second-order valence-corrected chi connectivity index (χ2v) is 5.45. The van der Waals surface area contributed by atoms with Crippen molar-refractivity contribution in [2.24, 2.45) is 5.92 Å². The zero-order valence-corrected chi connectivity index (χ0v) is 11.5. The van der Waals surface area contributed by atoms with Crippen LogP contribution >= 0.6 is 0 Å². The van der Waals surface area contributed by atoms with Crippen LogP contribution in [0.25, 0.3) is 0 Å². The van der Waals surface area contributed by atoms with E-state index in [4.69, 9.17) is 5.11 Å². The number of hydrogen-bond acceptors (Lipinski definition) is 3. The zero-order valence-electron chi connectivity index (χ0n) is 11.5. The van der Waals surface area contributed by atoms with Crippen LogP contribution in [0.2, 0.25) is 0 Å². The van der Waals surface area contributed by atoms with Crippen molar-refractivity contribution in [2.45, 2.75) is 39.2 Å². The van der Waals surface area contributed by atoms with Crippen molar-refractivity contribution in [3.63, 3.8) is 0 Å². The van der Waals surface area contributed by atoms with Crippen LogP contribution in [-0.2, 0) is 11.3 Å². The Morgan fingerprint density at radius 3 is 2.84 bits per heavy atom. The van der Waals surface area contributed by atoms with E-state index >= 15 is 0 Å². The fourth-order valence-electron chi connectivity index (χ4n) is 2.66. The highest BCUT2D eigenvalue weighted by Gasteiger charge is 2.20. The van der Waals surface area contributed by atoms with Crippen LogP contribution in [0, 0.1) is 12.8 Å². The molecule has 4 heteroatoms. The third-order valence-electron chi connectivity index (χ3n) is 4.02. The number of aryl methyl sites for hydroxylation is 1. The lowest BCUT2D eigenvalue weighted by molar-refractivity contribution is -0.137. The van der Waals surface area contributed by atoms with Crippen LogP contribution in [0.4, 0.5) is 0 Å². The fraction of sp³-hybridized carbons (Fsp3) is 0.600. The molecule has 0 radical (unpaired) electrons. The molecule has 104 valence electrons. The number of carbonyl (C=O) groups is 1. The van der Waals surface area contributed by atoms with E-state index in [9.17, 15) is 4.79 Å². The molecule has 1 saturated heterocycles. The molecule has 0 aliphatic carbocycles. The first kappa shape index (κ1) is 14.0. The van der Waals surface area contributed by atoms with Gasteiger partial charge >= 0.3 is 5.97 Å². The first-order valence-corrected chi connectivity index (χ1v) is 6.99. The molecule has 0 saturated carbocycles. The maximum absolute atomic E-state index is 10.6. The highest BCUT2D eigenvalue weighted by Crippen LogP contribution is 2.23. The predicted octanol–water partition coefficient (Wildman–Crippen LogP) is 2.47. The Hall–Kier alpha value is -1.42. The number of carboxylic acids is 1. The van der Waals surface area contributed by atoms with Crippen molar-refractivity contribution in [3.8, 4) is 0 Å². The van der Waals surface area contributed by atoms with Gasteiger partial charge in [-0.25, -0.2) is 0 Å². The van der Waals surface area contributed by atoms with Crippen molar-refractivity contribution in [1.82, 2.24) is 9.88 Å². The lowest BCUT2D eigenvalue weighted by Gasteiger charge is -2.32. The lowest BCUT2D eigenvalue weighted by Crippen LogP contribution is -2.33. The summed E-state index contributed by atoms with van der Waals surface area (Å²) >= 11 is 0. The van der Waals surface area contributed by atoms with Crippen molar-refractivity contribution >= 4 is 5.97 Å². The summed E-state index contributed by atoms with van der Waals surface area (Å²) in [6, 6.07) is 2.05. The van der Waals surface area contributed by atoms with E-state index in [1.54, 1.807) is 0 Å². The van der Waals surface area contributed by atoms with E-state index in [0.29, 0.717) is 12.3 Å². The van der Waals surface area contributed by atoms with Crippen LogP contribution in [0.3, 0.4) is 0 Å². The molecule has 1 aromatic rings. The Morgan fingerprint density at radius 2 is 2.21 bits per heavy atom. The summed E-state index contributed by atoms with van der Waals surface area (Å²) in [4.78, 5) is 17.2. The molecule has 1 aliphatic heterocycles. The minimum Gasteiger partial charge on any atom is -0.481 e. The van der Waals surface area contributed by atoms with Crippen LogP contribution < -0.4 is 0 Å². The van der Waals surface area contributed by atoms with E-state index < -0.39 is 5.97 Å². The fourth-order valence-corrected chi connectivity index (χ4v) is 2.66. The second kappa shape index (κ2) is 6.66. The molecule has 0 bridgehead atoms. The normalized spacial score (nSPS) is 17.5. The van der Waals surface area contributed by atoms with Crippen molar-refractivity contribution in [1.29, 1.82) is 0 Å². The van der Waals surface area contributed by atoms with Gasteiger partial charge in [-0.3, -0.25) is 14.7 Å². The van der Waals surface area contributed by atoms with E-state index in [0.717, 1.165) is 38.9 Å². The standard InChI is InChI=1S/C15H22N2O2/c1-12-4-7-16-10-14(12)11-17-8-5-13(6-9-17)2-3-15(18)19/h4,7,10,13H,2-3,5-6,8-9,11H2,1H3,(H,18,19). The number of rotatable bonds is 5. The molecule has 1 N–H and O–H groups in total. The van der Waals surface area contributed by atoms with Crippen LogP contribution in [0.5, 0.6) is 0 Å². The van der Waals surface area contributed by atoms with E-state index in [-0.39, 0.29) is 0 Å². The van der Waals surface area contributed by atoms with Gasteiger partial charge in [0.2, 0.25) is 0 Å². The summed E-state index contributed by atoms with van der Waals surface area (Å²) < 4.78 is 0. The third-order valence-corrected chi connectivity index (χ3v) is 4.02. The van der Waals surface area contributed by atoms with Gasteiger partial charge in [-0.15, -0.1) is 0 Å². The molecule has 1 fully saturated rings. The minimum atomic E-state index is -0.673. The lowest BCUT2D eigenvalue weighted by atomic mass is 9.92. The summed E-state index contributed by atoms with van der Waals surface area (Å²) in [7, 11) is 0. The van der Waals surface area contributed by atoms with Crippen LogP contribution in [-0.4, -0.2) is 34.0 Å². The number of aromatic nitrogens is 1. The van der Waals surface area contributed by atoms with Crippen molar-refractivity contribution in [3.05, 3.63) is 29.6 Å². The smallest absolute Gasteiger partial charge is 0.303 e. The first-order chi connectivity index (χ1) is 9.15. The minimum absolute atomic E-state index is 0.312. The van der Waals surface area contributed by atoms with E-state index in [1.165, 1.54) is 11.1 Å². The molecule has 0 aromatic carbocycles. The maximum Gasteiger partial charge on any atom is 0.303 e. The molecule has 1 aromatic heterocycles. The molecular weight excluding hydrogens is 240 g/mol. The molecule has 0 amide bonds. The number of aliphatic carboxylic acids is 1. The Labute approximate surface area is 114 Å². The number of hydrogen-bond donors (Lipinski definition) is 1. The Kier molecular flexibility index (Phi) is 4.91. The van der Waals surface area contributed by atoms with Gasteiger partial charge in [-0.05, 0) is 62.4 Å². The first-order valence-electron chi connectivity index (χ1n) is 6.99. The molecular formula is C15H22N2O2. The molecule has 0 spiro atoms. The molecule has 4 nitrogen and oxygen atoms in total. The number of likely N-dealkylation sites (tertiary alicyclic amines) is 1. The Balaban J connectivity index is 1.77. The maximum atomic E-state index is 10.6. The number of pyridine rings is 1. The molecule has 2 rings (SSSR count). The average Bonchev–Trinajstić information content (AvgIpc) is 2.40. The highest BCUT2D eigenvalue weighted by molar-refractivity contribution is 5.66. The van der Waals surface area contributed by atoms with E-state index in [2.05, 4.69) is 22.9 Å². The summed E-state index contributed by atoms with van der Waals surface area (Å²) in [5.41, 5.74) is 2.59. The molecule has 0 unspecified atom stereocenters. The van der Waals surface area contributed by atoms with Gasteiger partial charge < -0.3 is 5.11 Å². The SMILES string of the molecule is Cc1ccncc1CN1CCC(CCC(=O)O)CC1. The highest BCUT2D eigenvalue weighted by atomic mass is 16.4. The summed E-state index contributed by atoms with van der Waals surface area (Å²) in [5.74, 6) is -0.0873. The topological polar surface area (TPSA) is 53.4 Å². The zero-order chi connectivity index (χ0) is 13.7. The third kappa shape index (κ3) is 4.31. The van der Waals surface area contributed by atoms with Gasteiger partial charge in [-0.2, -0.15) is 0 Å². The molecule has 19 heavy (non-hydrogen) atoms. The second-order valence-electron chi connectivity index (χ2n) is 5.45. The summed E-state index contributed by atoms with van der Waals surface area (Å²) in [5, 5.41) is 8.70. The van der Waals surface area contributed by atoms with Gasteiger partial charge in [0.15, 0.2) is 0 Å². The molecule has 0 atom stereocenters. The van der Waals surface area contributed by atoms with Gasteiger partial charge in [-0.1, -0.05) is 0 Å². The number of nitrogens with zero attached hydrogens (tertiary/aromatic N) is 2. The number of piperidine rings is 1. The Morgan fingerprint density at radius 1 is 1.47 bits per heavy atom.